The summed E-state index contributed by atoms with van der Waals surface area (Å²) in [5.41, 5.74) is 3.18. The topological polar surface area (TPSA) is 74.8 Å². The van der Waals surface area contributed by atoms with Gasteiger partial charge in [0, 0.05) is 17.3 Å². The van der Waals surface area contributed by atoms with Gasteiger partial charge in [0.25, 0.3) is 5.56 Å². The lowest BCUT2D eigenvalue weighted by Gasteiger charge is -2.12. The van der Waals surface area contributed by atoms with Crippen LogP contribution < -0.4 is 10.9 Å². The van der Waals surface area contributed by atoms with E-state index in [-0.39, 0.29) is 11.5 Å². The standard InChI is InChI=1S/C21H21N3O2S/c1-3-15-9-11-17(12-10-15)22-20(26)14(2)27-21-23-18(13-19(25)24-21)16-7-5-4-6-8-16/h4-14H,3H2,1-2H3,(H,22,26)(H,23,24,25)/t14-/m0/s1. The molecule has 0 saturated heterocycles. The van der Waals surface area contributed by atoms with Crippen LogP contribution in [0.1, 0.15) is 19.4 Å². The van der Waals surface area contributed by atoms with Crippen LogP contribution in [-0.4, -0.2) is 21.1 Å². The monoisotopic (exact) mass is 379 g/mol. The van der Waals surface area contributed by atoms with Crippen LogP contribution in [0.25, 0.3) is 11.3 Å². The van der Waals surface area contributed by atoms with Gasteiger partial charge >= 0.3 is 0 Å². The first-order chi connectivity index (χ1) is 13.0. The highest BCUT2D eigenvalue weighted by atomic mass is 32.2. The average Bonchev–Trinajstić information content (AvgIpc) is 2.68. The van der Waals surface area contributed by atoms with Crippen molar-refractivity contribution in [2.75, 3.05) is 5.32 Å². The van der Waals surface area contributed by atoms with Crippen molar-refractivity contribution in [2.45, 2.75) is 30.7 Å². The molecule has 27 heavy (non-hydrogen) atoms. The molecule has 138 valence electrons. The van der Waals surface area contributed by atoms with Gasteiger partial charge in [-0.25, -0.2) is 4.98 Å². The number of H-pyrrole nitrogens is 1. The minimum Gasteiger partial charge on any atom is -0.325 e. The number of hydrogen-bond donors (Lipinski definition) is 2. The Labute approximate surface area is 162 Å². The van der Waals surface area contributed by atoms with Crippen molar-refractivity contribution >= 4 is 23.4 Å². The van der Waals surface area contributed by atoms with E-state index in [0.29, 0.717) is 10.9 Å². The molecule has 1 heterocycles. The molecule has 0 aliphatic heterocycles. The number of carbonyl (C=O) groups excluding carboxylic acids is 1. The van der Waals surface area contributed by atoms with Gasteiger partial charge in [-0.1, -0.05) is 61.2 Å². The number of aromatic amines is 1. The summed E-state index contributed by atoms with van der Waals surface area (Å²) in [6, 6.07) is 18.7. The van der Waals surface area contributed by atoms with Crippen LogP contribution in [0.4, 0.5) is 5.69 Å². The number of carbonyl (C=O) groups is 1. The molecule has 0 fully saturated rings. The molecule has 0 radical (unpaired) electrons. The van der Waals surface area contributed by atoms with Gasteiger partial charge in [-0.3, -0.25) is 9.59 Å². The van der Waals surface area contributed by atoms with Gasteiger partial charge in [0.2, 0.25) is 5.91 Å². The van der Waals surface area contributed by atoms with E-state index in [1.807, 2.05) is 54.6 Å². The molecule has 0 aliphatic carbocycles. The fourth-order valence-corrected chi connectivity index (χ4v) is 3.35. The number of aromatic nitrogens is 2. The van der Waals surface area contributed by atoms with E-state index >= 15 is 0 Å². The van der Waals surface area contributed by atoms with Crippen LogP contribution in [0.2, 0.25) is 0 Å². The molecule has 1 aromatic heterocycles. The van der Waals surface area contributed by atoms with Crippen molar-refractivity contribution in [3.05, 3.63) is 76.6 Å². The summed E-state index contributed by atoms with van der Waals surface area (Å²) >= 11 is 1.22. The van der Waals surface area contributed by atoms with Gasteiger partial charge in [-0.2, -0.15) is 0 Å². The summed E-state index contributed by atoms with van der Waals surface area (Å²) < 4.78 is 0. The maximum atomic E-state index is 12.5. The van der Waals surface area contributed by atoms with Gasteiger partial charge in [-0.05, 0) is 31.0 Å². The third-order valence-electron chi connectivity index (χ3n) is 4.08. The molecule has 3 rings (SSSR count). The smallest absolute Gasteiger partial charge is 0.252 e. The molecule has 2 aromatic carbocycles. The SMILES string of the molecule is CCc1ccc(NC(=O)[C@H](C)Sc2nc(-c3ccccc3)cc(=O)[nH]2)cc1. The average molecular weight is 379 g/mol. The van der Waals surface area contributed by atoms with Gasteiger partial charge in [-0.15, -0.1) is 0 Å². The third-order valence-corrected chi connectivity index (χ3v) is 5.06. The quantitative estimate of drug-likeness (QED) is 0.499. The zero-order valence-corrected chi connectivity index (χ0v) is 16.0. The highest BCUT2D eigenvalue weighted by molar-refractivity contribution is 8.00. The maximum absolute atomic E-state index is 12.5. The fraction of sp³-hybridized carbons (Fsp3) is 0.190. The summed E-state index contributed by atoms with van der Waals surface area (Å²) in [7, 11) is 0. The van der Waals surface area contributed by atoms with E-state index in [2.05, 4.69) is 22.2 Å². The van der Waals surface area contributed by atoms with Crippen LogP contribution in [-0.2, 0) is 11.2 Å². The number of rotatable bonds is 6. The van der Waals surface area contributed by atoms with Crippen molar-refractivity contribution in [2.24, 2.45) is 0 Å². The minimum absolute atomic E-state index is 0.142. The Hall–Kier alpha value is -2.86. The highest BCUT2D eigenvalue weighted by Crippen LogP contribution is 2.23. The number of nitrogens with one attached hydrogen (secondary N) is 2. The normalized spacial score (nSPS) is 11.8. The predicted molar refractivity (Wildman–Crippen MR) is 110 cm³/mol. The molecule has 5 nitrogen and oxygen atoms in total. The van der Waals surface area contributed by atoms with Crippen LogP contribution in [0.3, 0.4) is 0 Å². The predicted octanol–water partition coefficient (Wildman–Crippen LogP) is 4.12. The third kappa shape index (κ3) is 5.08. The zero-order chi connectivity index (χ0) is 19.2. The van der Waals surface area contributed by atoms with Gasteiger partial charge in [0.05, 0.1) is 10.9 Å². The first-order valence-electron chi connectivity index (χ1n) is 8.78. The molecular weight excluding hydrogens is 358 g/mol. The number of amides is 1. The van der Waals surface area contributed by atoms with Gasteiger partial charge in [0.15, 0.2) is 5.16 Å². The molecule has 0 spiro atoms. The van der Waals surface area contributed by atoms with E-state index < -0.39 is 5.25 Å². The Balaban J connectivity index is 1.71. The Morgan fingerprint density at radius 2 is 1.85 bits per heavy atom. The molecule has 1 amide bonds. The van der Waals surface area contributed by atoms with E-state index in [1.54, 1.807) is 6.92 Å². The fourth-order valence-electron chi connectivity index (χ4n) is 2.54. The molecule has 0 unspecified atom stereocenters. The molecule has 6 heteroatoms. The lowest BCUT2D eigenvalue weighted by atomic mass is 10.1. The summed E-state index contributed by atoms with van der Waals surface area (Å²) in [5.74, 6) is -0.142. The van der Waals surface area contributed by atoms with Gasteiger partial charge in [0.1, 0.15) is 0 Å². The lowest BCUT2D eigenvalue weighted by Crippen LogP contribution is -2.23. The Morgan fingerprint density at radius 1 is 1.15 bits per heavy atom. The van der Waals surface area contributed by atoms with Gasteiger partial charge < -0.3 is 10.3 Å². The summed E-state index contributed by atoms with van der Waals surface area (Å²) in [4.78, 5) is 31.6. The largest absolute Gasteiger partial charge is 0.325 e. The minimum atomic E-state index is -0.412. The molecule has 2 N–H and O–H groups in total. The second-order valence-electron chi connectivity index (χ2n) is 6.10. The van der Waals surface area contributed by atoms with Crippen LogP contribution in [0, 0.1) is 0 Å². The zero-order valence-electron chi connectivity index (χ0n) is 15.2. The molecule has 0 bridgehead atoms. The van der Waals surface area contributed by atoms with Crippen molar-refractivity contribution in [3.8, 4) is 11.3 Å². The summed E-state index contributed by atoms with van der Waals surface area (Å²) in [5, 5.41) is 2.90. The Morgan fingerprint density at radius 3 is 2.52 bits per heavy atom. The summed E-state index contributed by atoms with van der Waals surface area (Å²) in [6.45, 7) is 3.87. The van der Waals surface area contributed by atoms with Crippen molar-refractivity contribution in [3.63, 3.8) is 0 Å². The van der Waals surface area contributed by atoms with Crippen molar-refractivity contribution in [1.29, 1.82) is 0 Å². The van der Waals surface area contributed by atoms with Crippen LogP contribution >= 0.6 is 11.8 Å². The number of hydrogen-bond acceptors (Lipinski definition) is 4. The Bertz CT molecular complexity index is 969. The highest BCUT2D eigenvalue weighted by Gasteiger charge is 2.17. The number of benzene rings is 2. The lowest BCUT2D eigenvalue weighted by molar-refractivity contribution is -0.115. The molecule has 0 aliphatic rings. The second-order valence-corrected chi connectivity index (χ2v) is 7.43. The first-order valence-corrected chi connectivity index (χ1v) is 9.66. The Kier molecular flexibility index (Phi) is 6.08. The van der Waals surface area contributed by atoms with E-state index in [0.717, 1.165) is 17.7 Å². The van der Waals surface area contributed by atoms with E-state index in [4.69, 9.17) is 0 Å². The number of anilines is 1. The first kappa shape index (κ1) is 18.9. The maximum Gasteiger partial charge on any atom is 0.252 e. The number of thioether (sulfide) groups is 1. The van der Waals surface area contributed by atoms with E-state index in [9.17, 15) is 9.59 Å². The molecule has 0 saturated carbocycles. The number of aryl methyl sites for hydroxylation is 1. The molecule has 1 atom stereocenters. The van der Waals surface area contributed by atoms with Crippen LogP contribution in [0.5, 0.6) is 0 Å². The molecule has 3 aromatic rings. The summed E-state index contributed by atoms with van der Waals surface area (Å²) in [6.07, 6.45) is 0.956. The number of nitrogens with zero attached hydrogens (tertiary/aromatic N) is 1. The molecular formula is C21H21N3O2S. The van der Waals surface area contributed by atoms with E-state index in [1.165, 1.54) is 23.4 Å². The van der Waals surface area contributed by atoms with Crippen molar-refractivity contribution in [1.82, 2.24) is 9.97 Å². The van der Waals surface area contributed by atoms with Crippen LogP contribution in [0.15, 0.2) is 70.6 Å². The van der Waals surface area contributed by atoms with Crippen molar-refractivity contribution < 1.29 is 4.79 Å². The second kappa shape index (κ2) is 8.68.